The van der Waals surface area contributed by atoms with Crippen molar-refractivity contribution in [2.24, 2.45) is 0 Å². The first-order valence-corrected chi connectivity index (χ1v) is 6.96. The predicted octanol–water partition coefficient (Wildman–Crippen LogP) is 3.18. The molecule has 2 aromatic rings. The Kier molecular flexibility index (Phi) is 5.72. The number of benzene rings is 1. The third-order valence-electron chi connectivity index (χ3n) is 2.90. The number of esters is 1. The number of fused-ring (bicyclic) bond motifs is 1. The number of nitrogens with zero attached hydrogens (tertiary/aromatic N) is 1. The molecule has 0 aliphatic rings. The summed E-state index contributed by atoms with van der Waals surface area (Å²) in [5.74, 6) is -0.394. The minimum atomic E-state index is -0.394. The summed E-state index contributed by atoms with van der Waals surface area (Å²) in [5.41, 5.74) is 1.90. The van der Waals surface area contributed by atoms with Gasteiger partial charge in [0.05, 0.1) is 12.1 Å². The van der Waals surface area contributed by atoms with Crippen molar-refractivity contribution in [3.63, 3.8) is 0 Å². The first-order chi connectivity index (χ1) is 10.2. The Morgan fingerprint density at radius 2 is 2.24 bits per heavy atom. The molecule has 1 aromatic carbocycles. The molecular weight excluding hydrogens is 290 g/mol. The van der Waals surface area contributed by atoms with E-state index in [2.05, 4.69) is 11.6 Å². The van der Waals surface area contributed by atoms with Gasteiger partial charge in [-0.15, -0.1) is 0 Å². The maximum atomic E-state index is 11.2. The van der Waals surface area contributed by atoms with Gasteiger partial charge in [0.15, 0.2) is 0 Å². The van der Waals surface area contributed by atoms with E-state index in [1.807, 2.05) is 24.3 Å². The van der Waals surface area contributed by atoms with Gasteiger partial charge >= 0.3 is 5.97 Å². The Bertz CT molecular complexity index is 642. The maximum absolute atomic E-state index is 11.2. The largest absolute Gasteiger partial charge is 0.460 e. The first-order valence-electron chi connectivity index (χ1n) is 6.58. The summed E-state index contributed by atoms with van der Waals surface area (Å²) in [6, 6.07) is 7.56. The Balaban J connectivity index is 1.91. The second-order valence-electron chi connectivity index (χ2n) is 4.38. The van der Waals surface area contributed by atoms with Crippen LogP contribution in [-0.2, 0) is 20.7 Å². The molecule has 2 rings (SSSR count). The molecule has 0 spiro atoms. The van der Waals surface area contributed by atoms with Crippen molar-refractivity contribution < 1.29 is 14.3 Å². The fourth-order valence-corrected chi connectivity index (χ4v) is 2.14. The highest BCUT2D eigenvalue weighted by atomic mass is 35.5. The van der Waals surface area contributed by atoms with Crippen molar-refractivity contribution in [3.05, 3.63) is 53.7 Å². The Labute approximate surface area is 128 Å². The zero-order chi connectivity index (χ0) is 15.1. The SMILES string of the molecule is C=CCOC(=O)COCCc1ccc(Cl)c2cccnc12. The lowest BCUT2D eigenvalue weighted by Crippen LogP contribution is -2.14. The number of rotatable bonds is 7. The smallest absolute Gasteiger partial charge is 0.332 e. The average Bonchev–Trinajstić information content (AvgIpc) is 2.51. The van der Waals surface area contributed by atoms with Crippen molar-refractivity contribution in [3.8, 4) is 0 Å². The number of carbonyl (C=O) groups excluding carboxylic acids is 1. The maximum Gasteiger partial charge on any atom is 0.332 e. The van der Waals surface area contributed by atoms with Gasteiger partial charge in [-0.25, -0.2) is 4.79 Å². The first kappa shape index (κ1) is 15.5. The molecule has 0 aliphatic carbocycles. The second kappa shape index (κ2) is 7.76. The fourth-order valence-electron chi connectivity index (χ4n) is 1.93. The van der Waals surface area contributed by atoms with E-state index in [0.29, 0.717) is 18.1 Å². The minimum Gasteiger partial charge on any atom is -0.460 e. The zero-order valence-corrected chi connectivity index (χ0v) is 12.3. The summed E-state index contributed by atoms with van der Waals surface area (Å²) < 4.78 is 10.1. The molecule has 5 heteroatoms. The molecule has 0 N–H and O–H groups in total. The van der Waals surface area contributed by atoms with Gasteiger partial charge in [0.25, 0.3) is 0 Å². The minimum absolute atomic E-state index is 0.0627. The van der Waals surface area contributed by atoms with Crippen molar-refractivity contribution in [1.82, 2.24) is 4.98 Å². The van der Waals surface area contributed by atoms with Gasteiger partial charge in [-0.05, 0) is 30.2 Å². The van der Waals surface area contributed by atoms with Gasteiger partial charge in [0.2, 0.25) is 0 Å². The molecule has 0 bridgehead atoms. The monoisotopic (exact) mass is 305 g/mol. The molecule has 0 radical (unpaired) electrons. The average molecular weight is 306 g/mol. The molecule has 0 saturated carbocycles. The quantitative estimate of drug-likeness (QED) is 0.448. The van der Waals surface area contributed by atoms with Crippen LogP contribution in [0, 0.1) is 0 Å². The van der Waals surface area contributed by atoms with Gasteiger partial charge in [-0.2, -0.15) is 0 Å². The Hall–Kier alpha value is -1.91. The molecule has 0 fully saturated rings. The van der Waals surface area contributed by atoms with E-state index in [0.717, 1.165) is 16.5 Å². The lowest BCUT2D eigenvalue weighted by molar-refractivity contribution is -0.147. The molecule has 0 atom stereocenters. The van der Waals surface area contributed by atoms with Gasteiger partial charge < -0.3 is 9.47 Å². The van der Waals surface area contributed by atoms with E-state index in [4.69, 9.17) is 21.1 Å². The number of ether oxygens (including phenoxy) is 2. The highest BCUT2D eigenvalue weighted by molar-refractivity contribution is 6.35. The zero-order valence-electron chi connectivity index (χ0n) is 11.5. The van der Waals surface area contributed by atoms with E-state index in [1.165, 1.54) is 6.08 Å². The molecule has 0 amide bonds. The van der Waals surface area contributed by atoms with Crippen LogP contribution in [0.4, 0.5) is 0 Å². The van der Waals surface area contributed by atoms with Crippen LogP contribution in [-0.4, -0.2) is 30.8 Å². The van der Waals surface area contributed by atoms with Crippen LogP contribution in [0.1, 0.15) is 5.56 Å². The van der Waals surface area contributed by atoms with Gasteiger partial charge in [-0.3, -0.25) is 4.98 Å². The lowest BCUT2D eigenvalue weighted by Gasteiger charge is -2.08. The molecule has 21 heavy (non-hydrogen) atoms. The van der Waals surface area contributed by atoms with E-state index < -0.39 is 5.97 Å². The number of aromatic nitrogens is 1. The number of hydrogen-bond donors (Lipinski definition) is 0. The predicted molar refractivity (Wildman–Crippen MR) is 82.4 cm³/mol. The van der Waals surface area contributed by atoms with Crippen LogP contribution in [0.25, 0.3) is 10.9 Å². The molecule has 0 saturated heterocycles. The van der Waals surface area contributed by atoms with Crippen molar-refractivity contribution in [1.29, 1.82) is 0 Å². The molecule has 1 aromatic heterocycles. The number of hydrogen-bond acceptors (Lipinski definition) is 4. The Morgan fingerprint density at radius 1 is 1.38 bits per heavy atom. The van der Waals surface area contributed by atoms with Crippen molar-refractivity contribution in [2.45, 2.75) is 6.42 Å². The van der Waals surface area contributed by atoms with Crippen LogP contribution in [0.3, 0.4) is 0 Å². The molecule has 0 aliphatic heterocycles. The number of halogens is 1. The summed E-state index contributed by atoms with van der Waals surface area (Å²) in [6.45, 7) is 4.02. The normalized spacial score (nSPS) is 10.5. The van der Waals surface area contributed by atoms with E-state index in [1.54, 1.807) is 6.20 Å². The molecular formula is C16H16ClNO3. The summed E-state index contributed by atoms with van der Waals surface area (Å²) in [5, 5.41) is 1.60. The van der Waals surface area contributed by atoms with Crippen LogP contribution >= 0.6 is 11.6 Å². The van der Waals surface area contributed by atoms with Crippen LogP contribution in [0.2, 0.25) is 5.02 Å². The van der Waals surface area contributed by atoms with Crippen LogP contribution < -0.4 is 0 Å². The summed E-state index contributed by atoms with van der Waals surface area (Å²) >= 11 is 6.14. The summed E-state index contributed by atoms with van der Waals surface area (Å²) in [6.07, 6.45) is 3.90. The highest BCUT2D eigenvalue weighted by Gasteiger charge is 2.06. The fraction of sp³-hybridized carbons (Fsp3) is 0.250. The van der Waals surface area contributed by atoms with Gasteiger partial charge in [0, 0.05) is 16.6 Å². The van der Waals surface area contributed by atoms with Gasteiger partial charge in [0.1, 0.15) is 13.2 Å². The second-order valence-corrected chi connectivity index (χ2v) is 4.79. The topological polar surface area (TPSA) is 48.4 Å². The van der Waals surface area contributed by atoms with Crippen LogP contribution in [0.5, 0.6) is 0 Å². The highest BCUT2D eigenvalue weighted by Crippen LogP contribution is 2.24. The molecule has 1 heterocycles. The van der Waals surface area contributed by atoms with Crippen molar-refractivity contribution in [2.75, 3.05) is 19.8 Å². The lowest BCUT2D eigenvalue weighted by atomic mass is 10.1. The van der Waals surface area contributed by atoms with Crippen molar-refractivity contribution >= 4 is 28.5 Å². The summed E-state index contributed by atoms with van der Waals surface area (Å²) in [4.78, 5) is 15.6. The third-order valence-corrected chi connectivity index (χ3v) is 3.23. The molecule has 0 unspecified atom stereocenters. The summed E-state index contributed by atoms with van der Waals surface area (Å²) in [7, 11) is 0. The molecule has 110 valence electrons. The number of pyridine rings is 1. The Morgan fingerprint density at radius 3 is 3.05 bits per heavy atom. The third kappa shape index (κ3) is 4.28. The van der Waals surface area contributed by atoms with E-state index >= 15 is 0 Å². The van der Waals surface area contributed by atoms with Gasteiger partial charge in [-0.1, -0.05) is 30.3 Å². The standard InChI is InChI=1S/C16H16ClNO3/c1-2-9-21-15(19)11-20-10-7-12-5-6-14(17)13-4-3-8-18-16(12)13/h2-6,8H,1,7,9-11H2. The van der Waals surface area contributed by atoms with Crippen LogP contribution in [0.15, 0.2) is 43.1 Å². The number of carbonyl (C=O) groups is 1. The van der Waals surface area contributed by atoms with E-state index in [-0.39, 0.29) is 13.2 Å². The molecule has 4 nitrogen and oxygen atoms in total. The van der Waals surface area contributed by atoms with E-state index in [9.17, 15) is 4.79 Å².